The fraction of sp³-hybridized carbons (Fsp3) is 0.0476. The molecule has 0 aliphatic heterocycles. The molecule has 0 amide bonds. The summed E-state index contributed by atoms with van der Waals surface area (Å²) >= 11 is 13.3. The van der Waals surface area contributed by atoms with Crippen molar-refractivity contribution < 1.29 is 64.7 Å². The van der Waals surface area contributed by atoms with E-state index in [1.165, 1.54) is 42.6 Å². The monoisotopic (exact) mass is 574 g/mol. The molecule has 0 radical (unpaired) electrons. The van der Waals surface area contributed by atoms with Crippen LogP contribution in [0.15, 0.2) is 75.6 Å². The number of nitro benzene ring substituents is 1. The van der Waals surface area contributed by atoms with Crippen LogP contribution in [0.25, 0.3) is 0 Å². The average molecular weight is 576 g/mol. The molecular formula is C21H15Cl2KN5O4S2+. The molecule has 2 N–H and O–H groups in total. The van der Waals surface area contributed by atoms with Crippen molar-refractivity contribution in [3.63, 3.8) is 0 Å². The topological polar surface area (TPSA) is 137 Å². The number of benzene rings is 3. The number of halogens is 2. The van der Waals surface area contributed by atoms with Crippen molar-refractivity contribution in [3.05, 3.63) is 92.0 Å². The summed E-state index contributed by atoms with van der Waals surface area (Å²) in [6, 6.07) is 15.2. The molecule has 0 saturated heterocycles. The number of thioether (sulfide) groups is 1. The van der Waals surface area contributed by atoms with Gasteiger partial charge in [-0.2, -0.15) is 10.4 Å². The Hall–Kier alpha value is -1.66. The van der Waals surface area contributed by atoms with Gasteiger partial charge in [-0.05, 0) is 48.9 Å². The van der Waals surface area contributed by atoms with Gasteiger partial charge in [-0.25, -0.2) is 13.1 Å². The number of nitrogens with one attached hydrogen (secondary N) is 2. The van der Waals surface area contributed by atoms with Crippen LogP contribution in [0.3, 0.4) is 0 Å². The van der Waals surface area contributed by atoms with E-state index in [9.17, 15) is 18.5 Å². The molecule has 14 heteroatoms. The van der Waals surface area contributed by atoms with E-state index >= 15 is 0 Å². The SMILES string of the molecule is Cc1cc(S(=O)(=O)NC#N)c(S/C(=N\Nc2ccc([N+](=O)[O-])cc2)c2ccc(Cl)cc2)cc1Cl.[K+]. The summed E-state index contributed by atoms with van der Waals surface area (Å²) in [6.07, 6.45) is 1.43. The Bertz CT molecular complexity index is 1410. The van der Waals surface area contributed by atoms with Crippen molar-refractivity contribution in [3.8, 4) is 6.19 Å². The quantitative estimate of drug-likeness (QED) is 0.0646. The Morgan fingerprint density at radius 1 is 1.11 bits per heavy atom. The molecule has 35 heavy (non-hydrogen) atoms. The second-order valence-corrected chi connectivity index (χ2v) is 10.2. The van der Waals surface area contributed by atoms with Gasteiger partial charge in [-0.1, -0.05) is 47.1 Å². The molecule has 3 rings (SSSR count). The number of sulfonamides is 1. The minimum absolute atomic E-state index is 0. The Balaban J connectivity index is 0.00000432. The number of rotatable bonds is 7. The summed E-state index contributed by atoms with van der Waals surface area (Å²) in [5.74, 6) is 0. The Morgan fingerprint density at radius 3 is 2.31 bits per heavy atom. The van der Waals surface area contributed by atoms with E-state index in [0.29, 0.717) is 31.9 Å². The van der Waals surface area contributed by atoms with Gasteiger partial charge < -0.3 is 0 Å². The summed E-state index contributed by atoms with van der Waals surface area (Å²) in [7, 11) is -4.15. The number of anilines is 1. The molecular weight excluding hydrogens is 560 g/mol. The van der Waals surface area contributed by atoms with Gasteiger partial charge in [0.15, 0.2) is 6.19 Å². The first-order valence-corrected chi connectivity index (χ1v) is 12.4. The fourth-order valence-corrected chi connectivity index (χ4v) is 5.24. The third-order valence-corrected chi connectivity index (χ3v) is 7.50. The predicted molar refractivity (Wildman–Crippen MR) is 133 cm³/mol. The van der Waals surface area contributed by atoms with Crippen LogP contribution in [0, 0.1) is 28.5 Å². The Morgan fingerprint density at radius 2 is 1.74 bits per heavy atom. The van der Waals surface area contributed by atoms with E-state index < -0.39 is 14.9 Å². The van der Waals surface area contributed by atoms with Crippen molar-refractivity contribution in [2.45, 2.75) is 16.7 Å². The number of hydrazone groups is 1. The molecule has 0 fully saturated rings. The van der Waals surface area contributed by atoms with E-state index in [1.807, 2.05) is 4.72 Å². The van der Waals surface area contributed by atoms with E-state index in [1.54, 1.807) is 31.2 Å². The average Bonchev–Trinajstić information content (AvgIpc) is 2.79. The van der Waals surface area contributed by atoms with Crippen molar-refractivity contribution in [1.82, 2.24) is 4.72 Å². The van der Waals surface area contributed by atoms with E-state index in [4.69, 9.17) is 28.5 Å². The molecule has 0 aromatic heterocycles. The molecule has 0 heterocycles. The number of hydrogen-bond donors (Lipinski definition) is 2. The van der Waals surface area contributed by atoms with Gasteiger partial charge in [0.05, 0.1) is 10.6 Å². The van der Waals surface area contributed by atoms with Gasteiger partial charge in [0.1, 0.15) is 9.94 Å². The molecule has 9 nitrogen and oxygen atoms in total. The Kier molecular flexibility index (Phi) is 11.0. The van der Waals surface area contributed by atoms with Gasteiger partial charge in [-0.3, -0.25) is 15.5 Å². The smallest absolute Gasteiger partial charge is 0.277 e. The zero-order chi connectivity index (χ0) is 24.9. The van der Waals surface area contributed by atoms with Crippen LogP contribution in [-0.2, 0) is 10.0 Å². The maximum absolute atomic E-state index is 12.6. The minimum atomic E-state index is -4.15. The van der Waals surface area contributed by atoms with Gasteiger partial charge in [0.25, 0.3) is 15.7 Å². The largest absolute Gasteiger partial charge is 1.00 e. The van der Waals surface area contributed by atoms with Crippen LogP contribution in [0.2, 0.25) is 10.0 Å². The fourth-order valence-electron chi connectivity index (χ4n) is 2.66. The molecule has 0 saturated carbocycles. The normalized spacial score (nSPS) is 11.2. The molecule has 3 aromatic carbocycles. The first-order chi connectivity index (χ1) is 16.1. The van der Waals surface area contributed by atoms with Gasteiger partial charge in [0, 0.05) is 32.6 Å². The Labute approximate surface area is 258 Å². The van der Waals surface area contributed by atoms with E-state index in [2.05, 4.69) is 10.5 Å². The van der Waals surface area contributed by atoms with Crippen molar-refractivity contribution >= 4 is 61.4 Å². The number of nitriles is 1. The summed E-state index contributed by atoms with van der Waals surface area (Å²) in [5.41, 5.74) is 4.33. The minimum Gasteiger partial charge on any atom is -0.277 e. The molecule has 174 valence electrons. The van der Waals surface area contributed by atoms with Gasteiger partial charge in [0.2, 0.25) is 0 Å². The van der Waals surface area contributed by atoms with Crippen LogP contribution < -0.4 is 61.5 Å². The second-order valence-electron chi connectivity index (χ2n) is 6.71. The number of hydrogen-bond acceptors (Lipinski definition) is 8. The van der Waals surface area contributed by atoms with Crippen molar-refractivity contribution in [2.24, 2.45) is 5.10 Å². The van der Waals surface area contributed by atoms with E-state index in [0.717, 1.165) is 11.8 Å². The summed E-state index contributed by atoms with van der Waals surface area (Å²) in [5, 5.41) is 25.3. The molecule has 0 aliphatic carbocycles. The second kappa shape index (κ2) is 13.0. The molecule has 3 aromatic rings. The maximum atomic E-state index is 12.6. The number of nitro groups is 1. The molecule has 0 atom stereocenters. The molecule has 0 spiro atoms. The molecule has 0 unspecified atom stereocenters. The zero-order valence-electron chi connectivity index (χ0n) is 18.3. The number of nitrogens with zero attached hydrogens (tertiary/aromatic N) is 3. The first kappa shape index (κ1) is 29.6. The molecule has 0 bridgehead atoms. The van der Waals surface area contributed by atoms with Crippen LogP contribution in [0.1, 0.15) is 11.1 Å². The third-order valence-electron chi connectivity index (χ3n) is 4.36. The predicted octanol–water partition coefficient (Wildman–Crippen LogP) is 2.54. The maximum Gasteiger partial charge on any atom is 1.00 e. The molecule has 0 aliphatic rings. The van der Waals surface area contributed by atoms with E-state index in [-0.39, 0.29) is 66.9 Å². The van der Waals surface area contributed by atoms with Crippen molar-refractivity contribution in [1.29, 1.82) is 5.26 Å². The zero-order valence-corrected chi connectivity index (χ0v) is 24.6. The number of aryl methyl sites for hydroxylation is 1. The van der Waals surface area contributed by atoms with Crippen LogP contribution in [0.5, 0.6) is 0 Å². The summed E-state index contributed by atoms with van der Waals surface area (Å²) in [6.45, 7) is 1.65. The summed E-state index contributed by atoms with van der Waals surface area (Å²) in [4.78, 5) is 10.4. The van der Waals surface area contributed by atoms with Crippen LogP contribution in [0.4, 0.5) is 11.4 Å². The third kappa shape index (κ3) is 7.91. The van der Waals surface area contributed by atoms with Crippen LogP contribution >= 0.6 is 35.0 Å². The van der Waals surface area contributed by atoms with Crippen molar-refractivity contribution in [2.75, 3.05) is 5.43 Å². The summed E-state index contributed by atoms with van der Waals surface area (Å²) < 4.78 is 27.1. The van der Waals surface area contributed by atoms with Gasteiger partial charge in [-0.15, -0.1) is 0 Å². The number of non-ortho nitro benzene ring substituents is 1. The first-order valence-electron chi connectivity index (χ1n) is 9.33. The van der Waals surface area contributed by atoms with Gasteiger partial charge >= 0.3 is 51.4 Å². The standard InChI is InChI=1S/C21H15Cl2N5O4S2.K/c1-13-10-20(34(31,32)25-12-24)19(11-18(13)23)33-21(14-2-4-15(22)5-3-14)27-26-16-6-8-17(9-7-16)28(29)30;/h2-11,25-26H,1H3;/q;+1/b27-21-;. The van der Waals surface area contributed by atoms with Crippen LogP contribution in [-0.4, -0.2) is 18.4 Å².